The first-order chi connectivity index (χ1) is 14.1. The smallest absolute Gasteiger partial charge is 0.254 e. The molecule has 0 unspecified atom stereocenters. The van der Waals surface area contributed by atoms with Crippen LogP contribution in [0.2, 0.25) is 0 Å². The largest absolute Gasteiger partial charge is 0.493 e. The van der Waals surface area contributed by atoms with Gasteiger partial charge in [0.25, 0.3) is 5.56 Å². The molecule has 0 saturated heterocycles. The molecule has 0 fully saturated rings. The summed E-state index contributed by atoms with van der Waals surface area (Å²) < 4.78 is 21.8. The standard InChI is InChI=1S/C21H23N3O5/c1-26-16-7-6-13(18(27-2)19(16)28-3)11-24-9-8-14-15(12-24)22-20(23-21(14)25)17-5-4-10-29-17/h4-7,10H,8-9,11-12H2,1-3H3,(H,22,23,25). The highest BCUT2D eigenvalue weighted by Crippen LogP contribution is 2.40. The van der Waals surface area contributed by atoms with E-state index < -0.39 is 0 Å². The number of hydrogen-bond donors (Lipinski definition) is 1. The van der Waals surface area contributed by atoms with Gasteiger partial charge in [0.1, 0.15) is 0 Å². The van der Waals surface area contributed by atoms with Crippen molar-refractivity contribution in [3.05, 3.63) is 57.7 Å². The number of H-pyrrole nitrogens is 1. The molecule has 0 radical (unpaired) electrons. The first-order valence-electron chi connectivity index (χ1n) is 9.30. The summed E-state index contributed by atoms with van der Waals surface area (Å²) in [7, 11) is 4.80. The molecule has 1 aliphatic heterocycles. The lowest BCUT2D eigenvalue weighted by Gasteiger charge is -2.28. The van der Waals surface area contributed by atoms with Crippen LogP contribution < -0.4 is 19.8 Å². The van der Waals surface area contributed by atoms with Crippen molar-refractivity contribution in [2.45, 2.75) is 19.5 Å². The van der Waals surface area contributed by atoms with Crippen LogP contribution in [0.3, 0.4) is 0 Å². The van der Waals surface area contributed by atoms with Crippen LogP contribution in [0.4, 0.5) is 0 Å². The van der Waals surface area contributed by atoms with Gasteiger partial charge in [-0.15, -0.1) is 0 Å². The average Bonchev–Trinajstić information content (AvgIpc) is 3.28. The average molecular weight is 397 g/mol. The Bertz CT molecular complexity index is 1060. The Morgan fingerprint density at radius 3 is 2.66 bits per heavy atom. The van der Waals surface area contributed by atoms with E-state index in [0.717, 1.165) is 23.4 Å². The highest BCUT2D eigenvalue weighted by molar-refractivity contribution is 5.55. The Labute approximate surface area is 168 Å². The molecule has 1 N–H and O–H groups in total. The minimum absolute atomic E-state index is 0.107. The van der Waals surface area contributed by atoms with Crippen LogP contribution in [-0.2, 0) is 19.5 Å². The van der Waals surface area contributed by atoms with Gasteiger partial charge in [-0.3, -0.25) is 9.69 Å². The van der Waals surface area contributed by atoms with Gasteiger partial charge >= 0.3 is 0 Å². The van der Waals surface area contributed by atoms with Crippen molar-refractivity contribution in [3.63, 3.8) is 0 Å². The molecule has 29 heavy (non-hydrogen) atoms. The number of aromatic amines is 1. The summed E-state index contributed by atoms with van der Waals surface area (Å²) in [4.78, 5) is 22.2. The van der Waals surface area contributed by atoms with Gasteiger partial charge < -0.3 is 23.6 Å². The monoisotopic (exact) mass is 397 g/mol. The number of hydrogen-bond acceptors (Lipinski definition) is 7. The third-order valence-electron chi connectivity index (χ3n) is 5.09. The van der Waals surface area contributed by atoms with Gasteiger partial charge in [-0.25, -0.2) is 4.98 Å². The zero-order valence-corrected chi connectivity index (χ0v) is 16.7. The lowest BCUT2D eigenvalue weighted by Crippen LogP contribution is -2.35. The zero-order chi connectivity index (χ0) is 20.4. The maximum atomic E-state index is 12.5. The molecular formula is C21H23N3O5. The summed E-state index contributed by atoms with van der Waals surface area (Å²) in [5, 5.41) is 0. The van der Waals surface area contributed by atoms with Crippen LogP contribution in [0.15, 0.2) is 39.7 Å². The van der Waals surface area contributed by atoms with Gasteiger partial charge in [-0.05, 0) is 24.6 Å². The molecule has 8 heteroatoms. The van der Waals surface area contributed by atoms with Crippen molar-refractivity contribution in [2.75, 3.05) is 27.9 Å². The molecule has 2 aromatic heterocycles. The lowest BCUT2D eigenvalue weighted by molar-refractivity contribution is 0.235. The summed E-state index contributed by atoms with van der Waals surface area (Å²) in [5.74, 6) is 2.83. The van der Waals surface area contributed by atoms with Crippen molar-refractivity contribution in [2.24, 2.45) is 0 Å². The Morgan fingerprint density at radius 2 is 1.97 bits per heavy atom. The van der Waals surface area contributed by atoms with Crippen LogP contribution in [0.5, 0.6) is 17.2 Å². The van der Waals surface area contributed by atoms with Crippen molar-refractivity contribution in [1.82, 2.24) is 14.9 Å². The van der Waals surface area contributed by atoms with Gasteiger partial charge in [0.05, 0.1) is 33.3 Å². The Hall–Kier alpha value is -3.26. The summed E-state index contributed by atoms with van der Waals surface area (Å²) in [6, 6.07) is 7.38. The van der Waals surface area contributed by atoms with Crippen molar-refractivity contribution in [1.29, 1.82) is 0 Å². The van der Waals surface area contributed by atoms with E-state index in [2.05, 4.69) is 14.9 Å². The SMILES string of the molecule is COc1ccc(CN2CCc3c(nc(-c4ccco4)[nH]c3=O)C2)c(OC)c1OC. The minimum atomic E-state index is -0.107. The summed E-state index contributed by atoms with van der Waals surface area (Å²) in [6.45, 7) is 1.94. The molecule has 0 spiro atoms. The third kappa shape index (κ3) is 3.58. The number of methoxy groups -OCH3 is 3. The van der Waals surface area contributed by atoms with E-state index in [1.165, 1.54) is 0 Å². The number of rotatable bonds is 6. The molecule has 4 rings (SSSR count). The maximum Gasteiger partial charge on any atom is 0.254 e. The minimum Gasteiger partial charge on any atom is -0.493 e. The molecule has 3 heterocycles. The molecule has 0 aliphatic carbocycles. The fourth-order valence-electron chi connectivity index (χ4n) is 3.69. The van der Waals surface area contributed by atoms with E-state index in [4.69, 9.17) is 18.6 Å². The predicted molar refractivity (Wildman–Crippen MR) is 106 cm³/mol. The fraction of sp³-hybridized carbons (Fsp3) is 0.333. The molecule has 3 aromatic rings. The second-order valence-electron chi connectivity index (χ2n) is 6.77. The van der Waals surface area contributed by atoms with E-state index in [1.54, 1.807) is 39.7 Å². The lowest BCUT2D eigenvalue weighted by atomic mass is 10.0. The summed E-state index contributed by atoms with van der Waals surface area (Å²) >= 11 is 0. The fourth-order valence-corrected chi connectivity index (χ4v) is 3.69. The van der Waals surface area contributed by atoms with E-state index in [9.17, 15) is 4.79 Å². The maximum absolute atomic E-state index is 12.5. The van der Waals surface area contributed by atoms with Crippen LogP contribution in [-0.4, -0.2) is 42.7 Å². The molecule has 8 nitrogen and oxygen atoms in total. The number of aromatic nitrogens is 2. The van der Waals surface area contributed by atoms with E-state index in [-0.39, 0.29) is 5.56 Å². The number of benzene rings is 1. The molecule has 1 aliphatic rings. The van der Waals surface area contributed by atoms with Crippen molar-refractivity contribution >= 4 is 0 Å². The topological polar surface area (TPSA) is 89.8 Å². The molecule has 0 saturated carbocycles. The molecule has 0 bridgehead atoms. The van der Waals surface area contributed by atoms with Gasteiger partial charge in [-0.1, -0.05) is 6.07 Å². The number of furan rings is 1. The van der Waals surface area contributed by atoms with Gasteiger partial charge in [-0.2, -0.15) is 0 Å². The van der Waals surface area contributed by atoms with Crippen LogP contribution in [0, 0.1) is 0 Å². The molecule has 152 valence electrons. The Kier molecular flexibility index (Phi) is 5.26. The number of nitrogens with zero attached hydrogens (tertiary/aromatic N) is 2. The third-order valence-corrected chi connectivity index (χ3v) is 5.09. The molecule has 0 amide bonds. The highest BCUT2D eigenvalue weighted by atomic mass is 16.5. The number of fused-ring (bicyclic) bond motifs is 1. The van der Waals surface area contributed by atoms with Crippen molar-refractivity contribution in [3.8, 4) is 28.8 Å². The second kappa shape index (κ2) is 8.00. The van der Waals surface area contributed by atoms with Crippen molar-refractivity contribution < 1.29 is 18.6 Å². The second-order valence-corrected chi connectivity index (χ2v) is 6.77. The van der Waals surface area contributed by atoms with E-state index in [1.807, 2.05) is 12.1 Å². The molecular weight excluding hydrogens is 374 g/mol. The van der Waals surface area contributed by atoms with Gasteiger partial charge in [0.15, 0.2) is 23.1 Å². The van der Waals surface area contributed by atoms with Gasteiger partial charge in [0, 0.05) is 30.8 Å². The number of nitrogens with one attached hydrogen (secondary N) is 1. The first kappa shape index (κ1) is 19.1. The van der Waals surface area contributed by atoms with Crippen LogP contribution in [0.25, 0.3) is 11.6 Å². The van der Waals surface area contributed by atoms with E-state index >= 15 is 0 Å². The van der Waals surface area contributed by atoms with Gasteiger partial charge in [0.2, 0.25) is 5.75 Å². The quantitative estimate of drug-likeness (QED) is 0.684. The molecule has 0 atom stereocenters. The summed E-state index contributed by atoms with van der Waals surface area (Å²) in [5.41, 5.74) is 2.37. The molecule has 1 aromatic carbocycles. The van der Waals surface area contributed by atoms with E-state index in [0.29, 0.717) is 48.3 Å². The number of ether oxygens (including phenoxy) is 3. The Morgan fingerprint density at radius 1 is 1.14 bits per heavy atom. The highest BCUT2D eigenvalue weighted by Gasteiger charge is 2.24. The Balaban J connectivity index is 1.62. The predicted octanol–water partition coefficient (Wildman–Crippen LogP) is 2.61. The van der Waals surface area contributed by atoms with Crippen LogP contribution in [0.1, 0.15) is 16.8 Å². The normalized spacial score (nSPS) is 13.8. The summed E-state index contributed by atoms with van der Waals surface area (Å²) in [6.07, 6.45) is 2.19. The first-order valence-corrected chi connectivity index (χ1v) is 9.30. The van der Waals surface area contributed by atoms with Crippen LogP contribution >= 0.6 is 0 Å². The zero-order valence-electron chi connectivity index (χ0n) is 16.7.